The number of aryl methyl sites for hydroxylation is 1. The number of nitrogens with one attached hydrogen (secondary N) is 2. The highest BCUT2D eigenvalue weighted by Crippen LogP contribution is 2.12. The summed E-state index contributed by atoms with van der Waals surface area (Å²) in [5.41, 5.74) is 3.79. The van der Waals surface area contributed by atoms with Gasteiger partial charge in [0.05, 0.1) is 10.7 Å². The number of benzene rings is 1. The minimum atomic E-state index is 0.528. The molecule has 0 unspecified atom stereocenters. The van der Waals surface area contributed by atoms with Gasteiger partial charge in [-0.3, -0.25) is 9.89 Å². The highest BCUT2D eigenvalue weighted by Gasteiger charge is 2.08. The summed E-state index contributed by atoms with van der Waals surface area (Å²) in [6.07, 6.45) is 0.904. The van der Waals surface area contributed by atoms with Crippen LogP contribution in [-0.2, 0) is 19.5 Å². The second-order valence-electron chi connectivity index (χ2n) is 6.74. The molecular formula is C20H31N5S. The molecule has 0 amide bonds. The molecule has 2 aromatic rings. The van der Waals surface area contributed by atoms with Crippen LogP contribution in [0.25, 0.3) is 0 Å². The number of rotatable bonds is 8. The lowest BCUT2D eigenvalue weighted by Crippen LogP contribution is -2.38. The Labute approximate surface area is 161 Å². The van der Waals surface area contributed by atoms with E-state index in [1.165, 1.54) is 11.1 Å². The molecule has 2 N–H and O–H groups in total. The van der Waals surface area contributed by atoms with Gasteiger partial charge in [-0.2, -0.15) is 0 Å². The molecule has 0 radical (unpaired) electrons. The van der Waals surface area contributed by atoms with E-state index in [2.05, 4.69) is 76.1 Å². The van der Waals surface area contributed by atoms with Crippen LogP contribution in [0.1, 0.15) is 35.7 Å². The second-order valence-corrected chi connectivity index (χ2v) is 7.80. The Balaban J connectivity index is 1.86. The summed E-state index contributed by atoms with van der Waals surface area (Å²) in [4.78, 5) is 11.2. The van der Waals surface area contributed by atoms with Gasteiger partial charge in [0.15, 0.2) is 5.96 Å². The van der Waals surface area contributed by atoms with E-state index in [9.17, 15) is 0 Å². The van der Waals surface area contributed by atoms with Crippen molar-refractivity contribution in [1.29, 1.82) is 0 Å². The number of aliphatic imine (C=N–C) groups is 1. The van der Waals surface area contributed by atoms with Crippen LogP contribution in [0.2, 0.25) is 0 Å². The normalized spacial score (nSPS) is 12.0. The molecule has 0 saturated heterocycles. The summed E-state index contributed by atoms with van der Waals surface area (Å²) in [6, 6.07) is 9.12. The topological polar surface area (TPSA) is 52.6 Å². The molecule has 142 valence electrons. The average molecular weight is 374 g/mol. The fraction of sp³-hybridized carbons (Fsp3) is 0.500. The van der Waals surface area contributed by atoms with Crippen molar-refractivity contribution in [3.8, 4) is 0 Å². The van der Waals surface area contributed by atoms with E-state index in [-0.39, 0.29) is 0 Å². The lowest BCUT2D eigenvalue weighted by Gasteiger charge is -2.23. The summed E-state index contributed by atoms with van der Waals surface area (Å²) in [6.45, 7) is 9.01. The summed E-state index contributed by atoms with van der Waals surface area (Å²) >= 11 is 1.70. The van der Waals surface area contributed by atoms with Gasteiger partial charge < -0.3 is 10.6 Å². The maximum atomic E-state index is 4.49. The SMILES string of the molecule is CN=C(NCCc1csc(C)n1)NCc1ccccc1CN(C)C(C)C. The fourth-order valence-corrected chi connectivity index (χ4v) is 3.21. The van der Waals surface area contributed by atoms with Crippen molar-refractivity contribution in [1.82, 2.24) is 20.5 Å². The van der Waals surface area contributed by atoms with Gasteiger partial charge in [-0.1, -0.05) is 24.3 Å². The zero-order valence-corrected chi connectivity index (χ0v) is 17.4. The van der Waals surface area contributed by atoms with Crippen LogP contribution in [-0.4, -0.2) is 42.5 Å². The number of thiazole rings is 1. The molecule has 0 spiro atoms. The van der Waals surface area contributed by atoms with Crippen molar-refractivity contribution >= 4 is 17.3 Å². The molecule has 0 saturated carbocycles. The molecule has 0 aliphatic rings. The lowest BCUT2D eigenvalue weighted by molar-refractivity contribution is 0.265. The molecular weight excluding hydrogens is 342 g/mol. The largest absolute Gasteiger partial charge is 0.356 e. The Morgan fingerprint density at radius 1 is 1.23 bits per heavy atom. The monoisotopic (exact) mass is 373 g/mol. The van der Waals surface area contributed by atoms with Crippen LogP contribution >= 0.6 is 11.3 Å². The Bertz CT molecular complexity index is 708. The molecule has 6 heteroatoms. The van der Waals surface area contributed by atoms with Crippen LogP contribution in [0.5, 0.6) is 0 Å². The molecule has 1 aromatic heterocycles. The third kappa shape index (κ3) is 6.42. The van der Waals surface area contributed by atoms with E-state index in [4.69, 9.17) is 0 Å². The number of nitrogens with zero attached hydrogens (tertiary/aromatic N) is 3. The first-order chi connectivity index (χ1) is 12.5. The van der Waals surface area contributed by atoms with Gasteiger partial charge in [0.25, 0.3) is 0 Å². The molecule has 0 fully saturated rings. The molecule has 1 heterocycles. The zero-order chi connectivity index (χ0) is 18.9. The van der Waals surface area contributed by atoms with Gasteiger partial charge in [-0.15, -0.1) is 11.3 Å². The molecule has 5 nitrogen and oxygen atoms in total. The van der Waals surface area contributed by atoms with E-state index in [1.807, 2.05) is 6.92 Å². The van der Waals surface area contributed by atoms with Crippen LogP contribution < -0.4 is 10.6 Å². The summed E-state index contributed by atoms with van der Waals surface area (Å²) in [5.74, 6) is 0.823. The molecule has 0 bridgehead atoms. The van der Waals surface area contributed by atoms with Gasteiger partial charge >= 0.3 is 0 Å². The molecule has 0 aliphatic heterocycles. The van der Waals surface area contributed by atoms with Crippen LogP contribution in [0.4, 0.5) is 0 Å². The Kier molecular flexibility index (Phi) is 8.06. The molecule has 0 aliphatic carbocycles. The van der Waals surface area contributed by atoms with Gasteiger partial charge in [-0.05, 0) is 38.9 Å². The van der Waals surface area contributed by atoms with Crippen LogP contribution in [0.3, 0.4) is 0 Å². The van der Waals surface area contributed by atoms with E-state index < -0.39 is 0 Å². The maximum Gasteiger partial charge on any atom is 0.191 e. The summed E-state index contributed by atoms with van der Waals surface area (Å²) < 4.78 is 0. The molecule has 26 heavy (non-hydrogen) atoms. The number of guanidine groups is 1. The minimum absolute atomic E-state index is 0.528. The number of hydrogen-bond donors (Lipinski definition) is 2. The van der Waals surface area contributed by atoms with Gasteiger partial charge in [0, 0.05) is 44.5 Å². The van der Waals surface area contributed by atoms with Crippen molar-refractivity contribution in [3.05, 3.63) is 51.5 Å². The van der Waals surface area contributed by atoms with Crippen molar-refractivity contribution in [3.63, 3.8) is 0 Å². The standard InChI is InChI=1S/C20H31N5S/c1-15(2)25(5)13-18-9-7-6-8-17(18)12-23-20(21-4)22-11-10-19-14-26-16(3)24-19/h6-9,14-15H,10-13H2,1-5H3,(H2,21,22,23). The molecule has 2 rings (SSSR count). The first-order valence-corrected chi connectivity index (χ1v) is 10.00. The first-order valence-electron chi connectivity index (χ1n) is 9.12. The lowest BCUT2D eigenvalue weighted by atomic mass is 10.1. The smallest absolute Gasteiger partial charge is 0.191 e. The van der Waals surface area contributed by atoms with Gasteiger partial charge in [0.2, 0.25) is 0 Å². The van der Waals surface area contributed by atoms with Crippen LogP contribution in [0, 0.1) is 6.92 Å². The Morgan fingerprint density at radius 2 is 1.96 bits per heavy atom. The van der Waals surface area contributed by atoms with E-state index in [1.54, 1.807) is 18.4 Å². The number of hydrogen-bond acceptors (Lipinski definition) is 4. The Morgan fingerprint density at radius 3 is 2.58 bits per heavy atom. The second kappa shape index (κ2) is 10.3. The quantitative estimate of drug-likeness (QED) is 0.551. The Hall–Kier alpha value is -1.92. The predicted octanol–water partition coefficient (Wildman–Crippen LogP) is 3.20. The van der Waals surface area contributed by atoms with E-state index >= 15 is 0 Å². The van der Waals surface area contributed by atoms with Gasteiger partial charge in [0.1, 0.15) is 0 Å². The number of aromatic nitrogens is 1. The van der Waals surface area contributed by atoms with E-state index in [0.29, 0.717) is 6.04 Å². The average Bonchev–Trinajstić information content (AvgIpc) is 3.04. The molecule has 1 aromatic carbocycles. The molecule has 0 atom stereocenters. The third-order valence-corrected chi connectivity index (χ3v) is 5.25. The predicted molar refractivity (Wildman–Crippen MR) is 112 cm³/mol. The van der Waals surface area contributed by atoms with Crippen molar-refractivity contribution in [2.75, 3.05) is 20.6 Å². The highest BCUT2D eigenvalue weighted by atomic mass is 32.1. The summed E-state index contributed by atoms with van der Waals surface area (Å²) in [5, 5.41) is 10.0. The maximum absolute atomic E-state index is 4.49. The first kappa shape index (κ1) is 20.4. The zero-order valence-electron chi connectivity index (χ0n) is 16.5. The van der Waals surface area contributed by atoms with Crippen molar-refractivity contribution in [2.24, 2.45) is 4.99 Å². The minimum Gasteiger partial charge on any atom is -0.356 e. The van der Waals surface area contributed by atoms with Gasteiger partial charge in [-0.25, -0.2) is 4.98 Å². The van der Waals surface area contributed by atoms with Crippen molar-refractivity contribution < 1.29 is 0 Å². The van der Waals surface area contributed by atoms with Crippen LogP contribution in [0.15, 0.2) is 34.6 Å². The van der Waals surface area contributed by atoms with E-state index in [0.717, 1.165) is 42.7 Å². The highest BCUT2D eigenvalue weighted by molar-refractivity contribution is 7.09. The fourth-order valence-electron chi connectivity index (χ4n) is 2.57. The van der Waals surface area contributed by atoms with Crippen molar-refractivity contribution in [2.45, 2.75) is 46.3 Å². The summed E-state index contributed by atoms with van der Waals surface area (Å²) in [7, 11) is 3.97. The third-order valence-electron chi connectivity index (χ3n) is 4.43.